The molecule has 0 spiro atoms. The number of aromatic nitrogens is 2. The Morgan fingerprint density at radius 3 is 2.33 bits per heavy atom. The predicted octanol–water partition coefficient (Wildman–Crippen LogP) is 3.70. The summed E-state index contributed by atoms with van der Waals surface area (Å²) in [6.07, 6.45) is -0.501. The van der Waals surface area contributed by atoms with Gasteiger partial charge in [-0.05, 0) is 57.5 Å². The summed E-state index contributed by atoms with van der Waals surface area (Å²) in [6.45, 7) is 11.9. The molecular weight excluding hydrogens is 376 g/mol. The first kappa shape index (κ1) is 20.5. The lowest BCUT2D eigenvalue weighted by Gasteiger charge is -2.36. The number of hydrogen-bond donors (Lipinski definition) is 0. The number of carbonyl (C=O) groups is 1. The summed E-state index contributed by atoms with van der Waals surface area (Å²) in [7, 11) is 1.58. The number of nitriles is 1. The maximum atomic E-state index is 12.8. The first-order chi connectivity index (χ1) is 10.9. The Hall–Kier alpha value is -1.59. The lowest BCUT2D eigenvalue weighted by atomic mass is 10.1. The molecule has 0 bridgehead atoms. The van der Waals surface area contributed by atoms with Gasteiger partial charge in [-0.15, -0.1) is 0 Å². The van der Waals surface area contributed by atoms with Gasteiger partial charge in [0.1, 0.15) is 11.7 Å². The minimum absolute atomic E-state index is 0.207. The highest BCUT2D eigenvalue weighted by atomic mass is 79.9. The molecule has 0 aliphatic rings. The normalized spacial score (nSPS) is 12.0. The lowest BCUT2D eigenvalue weighted by Crippen LogP contribution is -2.49. The summed E-state index contributed by atoms with van der Waals surface area (Å²) >= 11 is 3.40. The molecule has 1 heterocycles. The van der Waals surface area contributed by atoms with E-state index in [1.165, 1.54) is 4.90 Å². The summed E-state index contributed by atoms with van der Waals surface area (Å²) in [6, 6.07) is 2.03. The van der Waals surface area contributed by atoms with Crippen molar-refractivity contribution in [3.8, 4) is 6.07 Å². The number of amides is 1. The van der Waals surface area contributed by atoms with Gasteiger partial charge >= 0.3 is 6.09 Å². The molecule has 1 amide bonds. The zero-order chi connectivity index (χ0) is 18.7. The smallest absolute Gasteiger partial charge is 0.416 e. The van der Waals surface area contributed by atoms with Crippen LogP contribution in [0.2, 0.25) is 0 Å². The maximum absolute atomic E-state index is 12.8. The third-order valence-electron chi connectivity index (χ3n) is 2.94. The van der Waals surface area contributed by atoms with E-state index >= 15 is 0 Å². The molecule has 0 aliphatic carbocycles. The highest BCUT2D eigenvalue weighted by molar-refractivity contribution is 9.10. The summed E-state index contributed by atoms with van der Waals surface area (Å²) in [4.78, 5) is 14.3. The number of methoxy groups -OCH3 is 1. The van der Waals surface area contributed by atoms with Gasteiger partial charge in [-0.3, -0.25) is 4.90 Å². The van der Waals surface area contributed by atoms with E-state index in [9.17, 15) is 10.1 Å². The van der Waals surface area contributed by atoms with E-state index in [1.807, 2.05) is 47.6 Å². The topological polar surface area (TPSA) is 80.4 Å². The van der Waals surface area contributed by atoms with E-state index in [1.54, 1.807) is 11.8 Å². The van der Waals surface area contributed by atoms with Crippen LogP contribution in [0.5, 0.6) is 0 Å². The first-order valence-corrected chi connectivity index (χ1v) is 8.40. The number of carbonyl (C=O) groups excluding carboxylic acids is 1. The van der Waals surface area contributed by atoms with Crippen molar-refractivity contribution >= 4 is 27.8 Å². The van der Waals surface area contributed by atoms with Crippen molar-refractivity contribution in [3.05, 3.63) is 10.2 Å². The van der Waals surface area contributed by atoms with Gasteiger partial charge in [0.05, 0.1) is 17.6 Å². The summed E-state index contributed by atoms with van der Waals surface area (Å²) in [5, 5.41) is 13.5. The van der Waals surface area contributed by atoms with Gasteiger partial charge in [0.2, 0.25) is 0 Å². The standard InChI is InChI=1S/C16H25BrN4O3/c1-15(2,3)21(14(22)24-16(4,5)6)13-12(17)11(10-18)19-20(13)8-9-23-7/h8-9H2,1-7H3. The fourth-order valence-corrected chi connectivity index (χ4v) is 2.59. The number of nitrogens with zero attached hydrogens (tertiary/aromatic N) is 4. The van der Waals surface area contributed by atoms with E-state index in [-0.39, 0.29) is 5.69 Å². The van der Waals surface area contributed by atoms with Crippen molar-refractivity contribution in [2.45, 2.75) is 59.2 Å². The van der Waals surface area contributed by atoms with Crippen LogP contribution in [-0.4, -0.2) is 40.7 Å². The zero-order valence-corrected chi connectivity index (χ0v) is 16.9. The van der Waals surface area contributed by atoms with Crippen LogP contribution in [0, 0.1) is 11.3 Å². The number of hydrogen-bond acceptors (Lipinski definition) is 5. The molecule has 1 rings (SSSR count). The number of ether oxygens (including phenoxy) is 2. The van der Waals surface area contributed by atoms with Crippen molar-refractivity contribution in [2.24, 2.45) is 0 Å². The zero-order valence-electron chi connectivity index (χ0n) is 15.3. The molecule has 0 fully saturated rings. The highest BCUT2D eigenvalue weighted by Gasteiger charge is 2.37. The Balaban J connectivity index is 3.45. The lowest BCUT2D eigenvalue weighted by molar-refractivity contribution is 0.0546. The van der Waals surface area contributed by atoms with Crippen LogP contribution in [0.15, 0.2) is 4.47 Å². The van der Waals surface area contributed by atoms with Gasteiger partial charge in [0, 0.05) is 12.6 Å². The maximum Gasteiger partial charge on any atom is 0.416 e. The van der Waals surface area contributed by atoms with Gasteiger partial charge in [-0.1, -0.05) is 0 Å². The van der Waals surface area contributed by atoms with Crippen molar-refractivity contribution in [1.82, 2.24) is 9.78 Å². The van der Waals surface area contributed by atoms with Crippen LogP contribution in [0.4, 0.5) is 10.6 Å². The molecule has 1 aromatic rings. The average Bonchev–Trinajstić information content (AvgIpc) is 2.70. The van der Waals surface area contributed by atoms with Crippen LogP contribution in [0.25, 0.3) is 0 Å². The van der Waals surface area contributed by atoms with Gasteiger partial charge in [0.25, 0.3) is 0 Å². The van der Waals surface area contributed by atoms with Gasteiger partial charge in [-0.25, -0.2) is 9.48 Å². The molecule has 0 saturated heterocycles. The van der Waals surface area contributed by atoms with Gasteiger partial charge in [-0.2, -0.15) is 10.4 Å². The summed E-state index contributed by atoms with van der Waals surface area (Å²) in [5.74, 6) is 0.477. The first-order valence-electron chi connectivity index (χ1n) is 7.61. The second-order valence-electron chi connectivity index (χ2n) is 7.30. The Labute approximate surface area is 151 Å². The predicted molar refractivity (Wildman–Crippen MR) is 95.0 cm³/mol. The third kappa shape index (κ3) is 4.95. The third-order valence-corrected chi connectivity index (χ3v) is 3.67. The fourth-order valence-electron chi connectivity index (χ4n) is 2.04. The average molecular weight is 401 g/mol. The number of halogens is 1. The monoisotopic (exact) mass is 400 g/mol. The van der Waals surface area contributed by atoms with E-state index in [0.29, 0.717) is 23.4 Å². The Bertz CT molecular complexity index is 635. The summed E-state index contributed by atoms with van der Waals surface area (Å²) in [5.41, 5.74) is -1.01. The second kappa shape index (κ2) is 7.53. The van der Waals surface area contributed by atoms with Gasteiger partial charge in [0.15, 0.2) is 11.5 Å². The van der Waals surface area contributed by atoms with Crippen molar-refractivity contribution in [2.75, 3.05) is 18.6 Å². The number of anilines is 1. The molecule has 1 aromatic heterocycles. The fraction of sp³-hybridized carbons (Fsp3) is 0.688. The molecular formula is C16H25BrN4O3. The van der Waals surface area contributed by atoms with Crippen LogP contribution >= 0.6 is 15.9 Å². The van der Waals surface area contributed by atoms with E-state index in [4.69, 9.17) is 9.47 Å². The minimum atomic E-state index is -0.636. The summed E-state index contributed by atoms with van der Waals surface area (Å²) < 4.78 is 12.7. The number of rotatable bonds is 4. The quantitative estimate of drug-likeness (QED) is 0.769. The van der Waals surface area contributed by atoms with Crippen LogP contribution in [-0.2, 0) is 16.0 Å². The van der Waals surface area contributed by atoms with E-state index in [2.05, 4.69) is 21.0 Å². The van der Waals surface area contributed by atoms with E-state index in [0.717, 1.165) is 0 Å². The minimum Gasteiger partial charge on any atom is -0.443 e. The largest absolute Gasteiger partial charge is 0.443 e. The molecule has 0 unspecified atom stereocenters. The Morgan fingerprint density at radius 1 is 1.33 bits per heavy atom. The molecule has 0 atom stereocenters. The molecule has 7 nitrogen and oxygen atoms in total. The van der Waals surface area contributed by atoms with Crippen molar-refractivity contribution in [3.63, 3.8) is 0 Å². The van der Waals surface area contributed by atoms with Crippen molar-refractivity contribution < 1.29 is 14.3 Å². The SMILES string of the molecule is COCCn1nc(C#N)c(Br)c1N(C(=O)OC(C)(C)C)C(C)(C)C. The van der Waals surface area contributed by atoms with Gasteiger partial charge < -0.3 is 9.47 Å². The van der Waals surface area contributed by atoms with Crippen LogP contribution in [0.3, 0.4) is 0 Å². The molecule has 24 heavy (non-hydrogen) atoms. The molecule has 0 aliphatic heterocycles. The van der Waals surface area contributed by atoms with Crippen LogP contribution in [0.1, 0.15) is 47.2 Å². The molecule has 0 aromatic carbocycles. The highest BCUT2D eigenvalue weighted by Crippen LogP contribution is 2.35. The second-order valence-corrected chi connectivity index (χ2v) is 8.09. The molecule has 8 heteroatoms. The molecule has 0 radical (unpaired) electrons. The van der Waals surface area contributed by atoms with E-state index < -0.39 is 17.2 Å². The van der Waals surface area contributed by atoms with Crippen LogP contribution < -0.4 is 4.90 Å². The Kier molecular flexibility index (Phi) is 6.42. The molecule has 0 saturated carbocycles. The van der Waals surface area contributed by atoms with Crippen molar-refractivity contribution in [1.29, 1.82) is 5.26 Å². The molecule has 134 valence electrons. The Morgan fingerprint density at radius 2 is 1.92 bits per heavy atom. The molecule has 0 N–H and O–H groups in total.